The number of halogens is 1. The van der Waals surface area contributed by atoms with Gasteiger partial charge in [-0.15, -0.1) is 0 Å². The molecule has 7 heteroatoms. The lowest BCUT2D eigenvalue weighted by molar-refractivity contribution is 0.318. The number of hydrogen-bond donors (Lipinski definition) is 2. The molecule has 3 N–H and O–H groups in total. The number of amidine groups is 1. The second kappa shape index (κ2) is 5.22. The molecule has 1 aromatic rings. The van der Waals surface area contributed by atoms with E-state index < -0.39 is 10.8 Å². The molecule has 0 unspecified atom stereocenters. The Bertz CT molecular complexity index is 422. The van der Waals surface area contributed by atoms with E-state index in [4.69, 9.17) is 10.9 Å². The van der Waals surface area contributed by atoms with Crippen LogP contribution in [-0.4, -0.2) is 26.0 Å². The molecule has 0 saturated carbocycles. The van der Waals surface area contributed by atoms with E-state index in [0.29, 0.717) is 15.1 Å². The van der Waals surface area contributed by atoms with Crippen molar-refractivity contribution >= 4 is 32.6 Å². The molecule has 1 rings (SSSR count). The lowest BCUT2D eigenvalue weighted by atomic mass is 10.3. The summed E-state index contributed by atoms with van der Waals surface area (Å²) in [6.07, 6.45) is 1.50. The molecule has 82 valence electrons. The molecule has 1 atom stereocenters. The number of rotatable bonds is 3. The van der Waals surface area contributed by atoms with E-state index in [1.807, 2.05) is 0 Å². The maximum atomic E-state index is 11.7. The number of oxime groups is 1. The van der Waals surface area contributed by atoms with E-state index >= 15 is 0 Å². The van der Waals surface area contributed by atoms with Gasteiger partial charge < -0.3 is 10.9 Å². The van der Waals surface area contributed by atoms with Crippen LogP contribution in [0.25, 0.3) is 0 Å². The largest absolute Gasteiger partial charge is 0.409 e. The number of aromatic nitrogens is 1. The standard InChI is InChI=1S/C8H10BrN3O2S/c1-2-15(14)6-3-5(9)4-11-7(6)8(10)12-13/h3-4,13H,2H2,1H3,(H2,10,12)/t15-/m1/s1. The summed E-state index contributed by atoms with van der Waals surface area (Å²) in [6.45, 7) is 1.78. The van der Waals surface area contributed by atoms with Crippen LogP contribution < -0.4 is 5.73 Å². The van der Waals surface area contributed by atoms with Crippen molar-refractivity contribution in [3.63, 3.8) is 0 Å². The SMILES string of the molecule is CC[S@@](=O)c1cc(Br)cnc1C(N)=NO. The quantitative estimate of drug-likeness (QED) is 0.377. The van der Waals surface area contributed by atoms with Crippen LogP contribution in [0.1, 0.15) is 12.6 Å². The molecule has 0 radical (unpaired) electrons. The third-order valence-corrected chi connectivity index (χ3v) is 3.44. The third-order valence-electron chi connectivity index (χ3n) is 1.68. The summed E-state index contributed by atoms with van der Waals surface area (Å²) in [7, 11) is -1.20. The van der Waals surface area contributed by atoms with Crippen LogP contribution in [0.2, 0.25) is 0 Å². The first-order chi connectivity index (χ1) is 7.10. The lowest BCUT2D eigenvalue weighted by Crippen LogP contribution is -2.18. The van der Waals surface area contributed by atoms with Crippen LogP contribution in [0, 0.1) is 0 Å². The molecule has 0 bridgehead atoms. The first kappa shape index (κ1) is 12.1. The predicted molar refractivity (Wildman–Crippen MR) is 61.4 cm³/mol. The minimum Gasteiger partial charge on any atom is -0.409 e. The summed E-state index contributed by atoms with van der Waals surface area (Å²) in [6, 6.07) is 1.65. The van der Waals surface area contributed by atoms with E-state index in [0.717, 1.165) is 0 Å². The molecule has 1 heterocycles. The average molecular weight is 292 g/mol. The Morgan fingerprint density at radius 3 is 3.00 bits per heavy atom. The fourth-order valence-electron chi connectivity index (χ4n) is 0.989. The van der Waals surface area contributed by atoms with E-state index in [1.165, 1.54) is 6.20 Å². The molecule has 15 heavy (non-hydrogen) atoms. The fourth-order valence-corrected chi connectivity index (χ4v) is 2.41. The maximum Gasteiger partial charge on any atom is 0.189 e. The van der Waals surface area contributed by atoms with E-state index in [1.54, 1.807) is 13.0 Å². The van der Waals surface area contributed by atoms with Crippen LogP contribution in [0.3, 0.4) is 0 Å². The van der Waals surface area contributed by atoms with Crippen molar-refractivity contribution in [2.75, 3.05) is 5.75 Å². The normalized spacial score (nSPS) is 13.9. The van der Waals surface area contributed by atoms with Crippen LogP contribution >= 0.6 is 15.9 Å². The van der Waals surface area contributed by atoms with E-state index in [2.05, 4.69) is 26.1 Å². The minimum absolute atomic E-state index is 0.140. The van der Waals surface area contributed by atoms with Crippen molar-refractivity contribution < 1.29 is 9.42 Å². The Hall–Kier alpha value is -0.950. The second-order valence-corrected chi connectivity index (χ2v) is 5.24. The minimum atomic E-state index is -1.20. The predicted octanol–water partition coefficient (Wildman–Crippen LogP) is 1.07. The van der Waals surface area contributed by atoms with Gasteiger partial charge in [-0.05, 0) is 22.0 Å². The van der Waals surface area contributed by atoms with Crippen molar-refractivity contribution in [1.29, 1.82) is 0 Å². The Morgan fingerprint density at radius 1 is 1.80 bits per heavy atom. The highest BCUT2D eigenvalue weighted by atomic mass is 79.9. The van der Waals surface area contributed by atoms with Gasteiger partial charge >= 0.3 is 0 Å². The topological polar surface area (TPSA) is 88.6 Å². The van der Waals surface area contributed by atoms with Gasteiger partial charge in [-0.3, -0.25) is 9.19 Å². The van der Waals surface area contributed by atoms with Gasteiger partial charge in [0.25, 0.3) is 0 Å². The summed E-state index contributed by atoms with van der Waals surface area (Å²) < 4.78 is 12.4. The highest BCUT2D eigenvalue weighted by Crippen LogP contribution is 2.17. The first-order valence-electron chi connectivity index (χ1n) is 4.12. The molecule has 0 saturated heterocycles. The molecule has 0 aliphatic rings. The average Bonchev–Trinajstić information content (AvgIpc) is 2.26. The van der Waals surface area contributed by atoms with Crippen LogP contribution in [-0.2, 0) is 10.8 Å². The van der Waals surface area contributed by atoms with Gasteiger partial charge in [0.15, 0.2) is 5.84 Å². The van der Waals surface area contributed by atoms with Gasteiger partial charge in [-0.1, -0.05) is 12.1 Å². The third kappa shape index (κ3) is 2.75. The van der Waals surface area contributed by atoms with Gasteiger partial charge in [0.05, 0.1) is 15.7 Å². The second-order valence-electron chi connectivity index (χ2n) is 2.62. The smallest absolute Gasteiger partial charge is 0.189 e. The van der Waals surface area contributed by atoms with Gasteiger partial charge in [0.2, 0.25) is 0 Å². The summed E-state index contributed by atoms with van der Waals surface area (Å²) in [5, 5.41) is 11.4. The first-order valence-corrected chi connectivity index (χ1v) is 6.23. The zero-order valence-electron chi connectivity index (χ0n) is 7.98. The molecular weight excluding hydrogens is 282 g/mol. The highest BCUT2D eigenvalue weighted by Gasteiger charge is 2.13. The molecule has 0 aliphatic heterocycles. The van der Waals surface area contributed by atoms with Crippen LogP contribution in [0.15, 0.2) is 26.8 Å². The van der Waals surface area contributed by atoms with Crippen LogP contribution in [0.5, 0.6) is 0 Å². The summed E-state index contributed by atoms with van der Waals surface area (Å²) in [4.78, 5) is 4.42. The Labute approximate surface area is 98.0 Å². The molecule has 5 nitrogen and oxygen atoms in total. The summed E-state index contributed by atoms with van der Waals surface area (Å²) in [5.41, 5.74) is 5.68. The van der Waals surface area contributed by atoms with Gasteiger partial charge in [-0.2, -0.15) is 0 Å². The van der Waals surface area contributed by atoms with Crippen molar-refractivity contribution in [1.82, 2.24) is 4.98 Å². The highest BCUT2D eigenvalue weighted by molar-refractivity contribution is 9.10. The zero-order chi connectivity index (χ0) is 11.4. The van der Waals surface area contributed by atoms with Crippen molar-refractivity contribution in [2.45, 2.75) is 11.8 Å². The maximum absolute atomic E-state index is 11.7. The van der Waals surface area contributed by atoms with Crippen molar-refractivity contribution in [3.05, 3.63) is 22.4 Å². The molecule has 0 aromatic carbocycles. The Balaban J connectivity index is 3.33. The van der Waals surface area contributed by atoms with Crippen molar-refractivity contribution in [3.8, 4) is 0 Å². The van der Waals surface area contributed by atoms with Gasteiger partial charge in [0, 0.05) is 16.4 Å². The molecule has 0 amide bonds. The molecule has 0 aliphatic carbocycles. The van der Waals surface area contributed by atoms with E-state index in [9.17, 15) is 4.21 Å². The number of nitrogens with zero attached hydrogens (tertiary/aromatic N) is 2. The molecule has 0 fully saturated rings. The van der Waals surface area contributed by atoms with Crippen molar-refractivity contribution in [2.24, 2.45) is 10.9 Å². The lowest BCUT2D eigenvalue weighted by Gasteiger charge is -2.06. The Kier molecular flexibility index (Phi) is 4.22. The van der Waals surface area contributed by atoms with Gasteiger partial charge in [-0.25, -0.2) is 0 Å². The Morgan fingerprint density at radius 2 is 2.47 bits per heavy atom. The summed E-state index contributed by atoms with van der Waals surface area (Å²) in [5.74, 6) is 0.309. The summed E-state index contributed by atoms with van der Waals surface area (Å²) >= 11 is 3.22. The molecule has 1 aromatic heterocycles. The van der Waals surface area contributed by atoms with E-state index in [-0.39, 0.29) is 11.5 Å². The number of hydrogen-bond acceptors (Lipinski definition) is 4. The molecule has 0 spiro atoms. The number of nitrogens with two attached hydrogens (primary N) is 1. The number of pyridine rings is 1. The van der Waals surface area contributed by atoms with Gasteiger partial charge in [0.1, 0.15) is 5.69 Å². The monoisotopic (exact) mass is 291 g/mol. The zero-order valence-corrected chi connectivity index (χ0v) is 10.4. The van der Waals surface area contributed by atoms with Crippen LogP contribution in [0.4, 0.5) is 0 Å². The molecular formula is C8H10BrN3O2S. The fraction of sp³-hybridized carbons (Fsp3) is 0.250.